The summed E-state index contributed by atoms with van der Waals surface area (Å²) in [6.07, 6.45) is 2.77. The fourth-order valence-corrected chi connectivity index (χ4v) is 4.54. The lowest BCUT2D eigenvalue weighted by Gasteiger charge is -2.29. The molecule has 2 fully saturated rings. The van der Waals surface area contributed by atoms with Crippen molar-refractivity contribution < 1.29 is 18.8 Å². The summed E-state index contributed by atoms with van der Waals surface area (Å²) < 4.78 is 6.19. The molecule has 7 heteroatoms. The first kappa shape index (κ1) is 19.0. The topological polar surface area (TPSA) is 92.5 Å². The van der Waals surface area contributed by atoms with Gasteiger partial charge < -0.3 is 9.32 Å². The van der Waals surface area contributed by atoms with Crippen molar-refractivity contribution in [2.24, 2.45) is 0 Å². The normalized spacial score (nSPS) is 20.4. The van der Waals surface area contributed by atoms with Crippen LogP contribution in [0.25, 0.3) is 22.6 Å². The van der Waals surface area contributed by atoms with Crippen LogP contribution < -0.4 is 5.32 Å². The van der Waals surface area contributed by atoms with E-state index in [1.165, 1.54) is 0 Å². The maximum atomic E-state index is 13.0. The number of rotatable bonds is 4. The van der Waals surface area contributed by atoms with Crippen molar-refractivity contribution in [1.29, 1.82) is 0 Å². The summed E-state index contributed by atoms with van der Waals surface area (Å²) >= 11 is 0. The highest BCUT2D eigenvalue weighted by Crippen LogP contribution is 2.44. The minimum Gasteiger partial charge on any atom is -0.440 e. The van der Waals surface area contributed by atoms with Gasteiger partial charge in [-0.2, -0.15) is 0 Å². The molecule has 0 spiro atoms. The molecule has 1 saturated heterocycles. The molecular weight excluding hydrogens is 406 g/mol. The van der Waals surface area contributed by atoms with Gasteiger partial charge in [0.05, 0.1) is 0 Å². The Bertz CT molecular complexity index is 1260. The maximum absolute atomic E-state index is 13.0. The Morgan fingerprint density at radius 3 is 2.53 bits per heavy atom. The minimum absolute atomic E-state index is 0.178. The molecule has 3 heterocycles. The average Bonchev–Trinajstić information content (AvgIpc) is 3.47. The number of imide groups is 1. The number of aromatic nitrogens is 1. The third-order valence-electron chi connectivity index (χ3n) is 6.40. The summed E-state index contributed by atoms with van der Waals surface area (Å²) in [5.41, 5.74) is 4.06. The smallest absolute Gasteiger partial charge is 0.255 e. The molecule has 3 aliphatic rings. The lowest BCUT2D eigenvalue weighted by molar-refractivity contribution is -0.136. The lowest BCUT2D eigenvalue weighted by atomic mass is 10.0. The highest BCUT2D eigenvalue weighted by molar-refractivity contribution is 6.05. The molecule has 6 rings (SSSR count). The van der Waals surface area contributed by atoms with Crippen LogP contribution in [-0.4, -0.2) is 33.6 Å². The van der Waals surface area contributed by atoms with Crippen LogP contribution >= 0.6 is 0 Å². The van der Waals surface area contributed by atoms with Crippen molar-refractivity contribution in [2.45, 2.75) is 44.2 Å². The number of nitrogens with one attached hydrogen (secondary N) is 1. The molecule has 1 aliphatic carbocycles. The Kier molecular flexibility index (Phi) is 4.24. The summed E-state index contributed by atoms with van der Waals surface area (Å²) in [6, 6.07) is 15.0. The molecule has 0 radical (unpaired) electrons. The third kappa shape index (κ3) is 3.12. The first-order valence-corrected chi connectivity index (χ1v) is 10.9. The number of hydrogen-bond acceptors (Lipinski definition) is 5. The van der Waals surface area contributed by atoms with E-state index in [9.17, 15) is 14.4 Å². The molecule has 1 aromatic heterocycles. The van der Waals surface area contributed by atoms with Gasteiger partial charge in [-0.15, -0.1) is 0 Å². The van der Waals surface area contributed by atoms with E-state index in [1.807, 2.05) is 42.5 Å². The van der Waals surface area contributed by atoms with Crippen LogP contribution in [0.5, 0.6) is 0 Å². The number of amides is 3. The molecule has 3 aromatic rings. The second-order valence-electron chi connectivity index (χ2n) is 8.64. The average molecular weight is 427 g/mol. The molecule has 0 bridgehead atoms. The van der Waals surface area contributed by atoms with Crippen molar-refractivity contribution in [2.75, 3.05) is 0 Å². The Hall–Kier alpha value is -3.74. The Balaban J connectivity index is 1.36. The number of nitrogens with zero attached hydrogens (tertiary/aromatic N) is 2. The van der Waals surface area contributed by atoms with E-state index in [0.29, 0.717) is 24.4 Å². The molecule has 2 aromatic carbocycles. The van der Waals surface area contributed by atoms with Gasteiger partial charge in [-0.1, -0.05) is 36.4 Å². The summed E-state index contributed by atoms with van der Waals surface area (Å²) in [4.78, 5) is 43.2. The number of carbonyl (C=O) groups excluding carboxylic acids is 3. The second-order valence-corrected chi connectivity index (χ2v) is 8.64. The number of fused-ring (bicyclic) bond motifs is 1. The molecule has 1 saturated carbocycles. The SMILES string of the molecule is O=C1CCC(N2Cc3cc(-c4nc(C5CC5)oc4-c4ccccc4)ccc3C2=O)C(=O)N1. The third-order valence-corrected chi connectivity index (χ3v) is 6.40. The Morgan fingerprint density at radius 1 is 0.969 bits per heavy atom. The molecule has 1 N–H and O–H groups in total. The zero-order chi connectivity index (χ0) is 21.8. The van der Waals surface area contributed by atoms with Crippen molar-refractivity contribution >= 4 is 17.7 Å². The van der Waals surface area contributed by atoms with Crippen molar-refractivity contribution in [3.8, 4) is 22.6 Å². The fraction of sp³-hybridized carbons (Fsp3) is 0.280. The van der Waals surface area contributed by atoms with E-state index in [4.69, 9.17) is 9.40 Å². The molecule has 3 amide bonds. The zero-order valence-corrected chi connectivity index (χ0v) is 17.3. The molecule has 160 valence electrons. The summed E-state index contributed by atoms with van der Waals surface area (Å²) in [5, 5.41) is 2.34. The van der Waals surface area contributed by atoms with Gasteiger partial charge in [0.2, 0.25) is 11.8 Å². The van der Waals surface area contributed by atoms with Crippen molar-refractivity contribution in [3.05, 3.63) is 65.5 Å². The number of hydrogen-bond donors (Lipinski definition) is 1. The van der Waals surface area contributed by atoms with Crippen LogP contribution in [0.4, 0.5) is 0 Å². The van der Waals surface area contributed by atoms with Gasteiger partial charge in [0, 0.05) is 35.6 Å². The second kappa shape index (κ2) is 7.15. The maximum Gasteiger partial charge on any atom is 0.255 e. The van der Waals surface area contributed by atoms with E-state index in [1.54, 1.807) is 11.0 Å². The van der Waals surface area contributed by atoms with E-state index in [2.05, 4.69) is 5.32 Å². The molecule has 32 heavy (non-hydrogen) atoms. The summed E-state index contributed by atoms with van der Waals surface area (Å²) in [7, 11) is 0. The molecule has 2 aliphatic heterocycles. The minimum atomic E-state index is -0.621. The summed E-state index contributed by atoms with van der Waals surface area (Å²) in [6.45, 7) is 0.336. The predicted molar refractivity (Wildman–Crippen MR) is 115 cm³/mol. The van der Waals surface area contributed by atoms with E-state index in [-0.39, 0.29) is 18.2 Å². The standard InChI is InChI=1S/C25H21N3O4/c29-20-11-10-19(23(30)26-20)28-13-17-12-16(8-9-18(17)25(28)31)21-22(14-4-2-1-3-5-14)32-24(27-21)15-6-7-15/h1-5,8-9,12,15,19H,6-7,10-11,13H2,(H,26,29,30). The monoisotopic (exact) mass is 427 g/mol. The van der Waals surface area contributed by atoms with Gasteiger partial charge in [-0.05, 0) is 37.0 Å². The Morgan fingerprint density at radius 2 is 1.78 bits per heavy atom. The Labute approximate surface area is 184 Å². The first-order chi connectivity index (χ1) is 15.6. The largest absolute Gasteiger partial charge is 0.440 e. The van der Waals surface area contributed by atoms with Crippen LogP contribution in [0.15, 0.2) is 52.9 Å². The number of carbonyl (C=O) groups is 3. The molecule has 1 unspecified atom stereocenters. The van der Waals surface area contributed by atoms with Crippen LogP contribution in [0.1, 0.15) is 53.4 Å². The van der Waals surface area contributed by atoms with Gasteiger partial charge in [0.25, 0.3) is 5.91 Å². The zero-order valence-electron chi connectivity index (χ0n) is 17.3. The van der Waals surface area contributed by atoms with Gasteiger partial charge in [-0.25, -0.2) is 4.98 Å². The number of piperidine rings is 1. The van der Waals surface area contributed by atoms with E-state index in [0.717, 1.165) is 46.9 Å². The van der Waals surface area contributed by atoms with Gasteiger partial charge in [0.15, 0.2) is 11.7 Å². The van der Waals surface area contributed by atoms with Gasteiger partial charge >= 0.3 is 0 Å². The van der Waals surface area contributed by atoms with Gasteiger partial charge in [0.1, 0.15) is 11.7 Å². The van der Waals surface area contributed by atoms with Gasteiger partial charge in [-0.3, -0.25) is 19.7 Å². The molecule has 7 nitrogen and oxygen atoms in total. The highest BCUT2D eigenvalue weighted by atomic mass is 16.4. The lowest BCUT2D eigenvalue weighted by Crippen LogP contribution is -2.52. The molecule has 1 atom stereocenters. The number of benzene rings is 2. The quantitative estimate of drug-likeness (QED) is 0.642. The molecular formula is C25H21N3O4. The van der Waals surface area contributed by atoms with Crippen LogP contribution in [0.2, 0.25) is 0 Å². The number of oxazole rings is 1. The van der Waals surface area contributed by atoms with Crippen LogP contribution in [0.3, 0.4) is 0 Å². The summed E-state index contributed by atoms with van der Waals surface area (Å²) in [5.74, 6) is 1.01. The van der Waals surface area contributed by atoms with Crippen LogP contribution in [-0.2, 0) is 16.1 Å². The first-order valence-electron chi connectivity index (χ1n) is 10.9. The van der Waals surface area contributed by atoms with E-state index < -0.39 is 11.9 Å². The van der Waals surface area contributed by atoms with E-state index >= 15 is 0 Å². The van der Waals surface area contributed by atoms with Crippen LogP contribution in [0, 0.1) is 0 Å². The fourth-order valence-electron chi connectivity index (χ4n) is 4.54. The van der Waals surface area contributed by atoms with Crippen molar-refractivity contribution in [1.82, 2.24) is 15.2 Å². The highest BCUT2D eigenvalue weighted by Gasteiger charge is 2.39. The predicted octanol–water partition coefficient (Wildman–Crippen LogP) is 3.65. The van der Waals surface area contributed by atoms with Crippen molar-refractivity contribution in [3.63, 3.8) is 0 Å².